The summed E-state index contributed by atoms with van der Waals surface area (Å²) in [5, 5.41) is 9.09. The molecule has 1 atom stereocenters. The summed E-state index contributed by atoms with van der Waals surface area (Å²) >= 11 is 0. The van der Waals surface area contributed by atoms with Crippen molar-refractivity contribution >= 4 is 18.4 Å². The number of nitrogens with two attached hydrogens (primary N) is 1. The highest BCUT2D eigenvalue weighted by atomic mass is 35.5. The fourth-order valence-electron chi connectivity index (χ4n) is 4.09. The molecule has 1 aromatic heterocycles. The number of benzene rings is 3. The largest absolute Gasteiger partial charge is 0.480 e. The molecule has 0 aliphatic rings. The average molecular weight is 448 g/mol. The fraction of sp³-hybridized carbons (Fsp3) is 0.154. The SMILES string of the molecule is Cl.N[C@@H](CCc1cn(C(c2ccccc2)(c2ccccc2)c2ccccc2)cn1)C(=O)O. The lowest BCUT2D eigenvalue weighted by molar-refractivity contribution is -0.138. The quantitative estimate of drug-likeness (QED) is 0.390. The number of aryl methyl sites for hydroxylation is 1. The summed E-state index contributed by atoms with van der Waals surface area (Å²) in [5.41, 5.74) is 9.21. The van der Waals surface area contributed by atoms with Crippen LogP contribution < -0.4 is 5.73 Å². The first-order valence-corrected chi connectivity index (χ1v) is 10.3. The van der Waals surface area contributed by atoms with Gasteiger partial charge in [0, 0.05) is 6.20 Å². The van der Waals surface area contributed by atoms with E-state index in [1.165, 1.54) is 0 Å². The van der Waals surface area contributed by atoms with Crippen LogP contribution in [0.25, 0.3) is 0 Å². The molecule has 0 radical (unpaired) electrons. The van der Waals surface area contributed by atoms with Crippen LogP contribution >= 0.6 is 12.4 Å². The minimum Gasteiger partial charge on any atom is -0.480 e. The van der Waals surface area contributed by atoms with E-state index in [-0.39, 0.29) is 12.4 Å². The molecule has 0 fully saturated rings. The van der Waals surface area contributed by atoms with Crippen LogP contribution in [0.3, 0.4) is 0 Å². The number of halogens is 1. The number of aliphatic carboxylic acids is 1. The van der Waals surface area contributed by atoms with E-state index in [4.69, 9.17) is 10.8 Å². The molecular formula is C26H26ClN3O2. The second-order valence-corrected chi connectivity index (χ2v) is 7.56. The van der Waals surface area contributed by atoms with Crippen molar-refractivity contribution in [3.05, 3.63) is 126 Å². The van der Waals surface area contributed by atoms with Gasteiger partial charge in [-0.2, -0.15) is 0 Å². The van der Waals surface area contributed by atoms with Crippen LogP contribution in [0.2, 0.25) is 0 Å². The number of aromatic nitrogens is 2. The molecule has 3 aromatic carbocycles. The Bertz CT molecular complexity index is 1030. The van der Waals surface area contributed by atoms with Gasteiger partial charge in [0.25, 0.3) is 0 Å². The normalized spacial score (nSPS) is 12.0. The Morgan fingerprint density at radius 3 is 1.72 bits per heavy atom. The predicted molar refractivity (Wildman–Crippen MR) is 128 cm³/mol. The van der Waals surface area contributed by atoms with E-state index in [0.29, 0.717) is 12.8 Å². The zero-order chi connectivity index (χ0) is 21.7. The zero-order valence-electron chi connectivity index (χ0n) is 17.5. The predicted octanol–water partition coefficient (Wildman–Crippen LogP) is 4.49. The molecular weight excluding hydrogens is 422 g/mol. The first-order chi connectivity index (χ1) is 15.1. The molecule has 0 bridgehead atoms. The van der Waals surface area contributed by atoms with Gasteiger partial charge < -0.3 is 15.4 Å². The molecule has 0 spiro atoms. The molecule has 0 saturated carbocycles. The molecule has 0 unspecified atom stereocenters. The minimum absolute atomic E-state index is 0. The van der Waals surface area contributed by atoms with Crippen molar-refractivity contribution in [2.24, 2.45) is 5.73 Å². The maximum Gasteiger partial charge on any atom is 0.320 e. The van der Waals surface area contributed by atoms with E-state index >= 15 is 0 Å². The average Bonchev–Trinajstić information content (AvgIpc) is 3.29. The number of nitrogens with zero attached hydrogens (tertiary/aromatic N) is 2. The maximum absolute atomic E-state index is 11.1. The van der Waals surface area contributed by atoms with Crippen molar-refractivity contribution in [1.82, 2.24) is 9.55 Å². The van der Waals surface area contributed by atoms with Gasteiger partial charge in [-0.15, -0.1) is 12.4 Å². The van der Waals surface area contributed by atoms with Crippen molar-refractivity contribution in [1.29, 1.82) is 0 Å². The Morgan fingerprint density at radius 2 is 1.31 bits per heavy atom. The Labute approximate surface area is 194 Å². The second-order valence-electron chi connectivity index (χ2n) is 7.56. The third kappa shape index (κ3) is 4.44. The molecule has 4 rings (SSSR count). The lowest BCUT2D eigenvalue weighted by Crippen LogP contribution is -2.37. The molecule has 4 aromatic rings. The van der Waals surface area contributed by atoms with Crippen LogP contribution in [-0.4, -0.2) is 26.7 Å². The fourth-order valence-corrected chi connectivity index (χ4v) is 4.09. The maximum atomic E-state index is 11.1. The summed E-state index contributed by atoms with van der Waals surface area (Å²) < 4.78 is 2.12. The number of imidazole rings is 1. The number of hydrogen-bond donors (Lipinski definition) is 2. The van der Waals surface area contributed by atoms with Crippen LogP contribution in [0.15, 0.2) is 104 Å². The van der Waals surface area contributed by atoms with E-state index < -0.39 is 17.6 Å². The zero-order valence-corrected chi connectivity index (χ0v) is 18.4. The van der Waals surface area contributed by atoms with Crippen molar-refractivity contribution in [2.75, 3.05) is 0 Å². The number of carboxylic acid groups (broad SMARTS) is 1. The van der Waals surface area contributed by atoms with Crippen LogP contribution in [-0.2, 0) is 16.8 Å². The van der Waals surface area contributed by atoms with Gasteiger partial charge in [0.15, 0.2) is 0 Å². The Morgan fingerprint density at radius 1 is 0.875 bits per heavy atom. The topological polar surface area (TPSA) is 81.1 Å². The Hall–Kier alpha value is -3.41. The summed E-state index contributed by atoms with van der Waals surface area (Å²) in [7, 11) is 0. The lowest BCUT2D eigenvalue weighted by atomic mass is 9.77. The molecule has 1 heterocycles. The van der Waals surface area contributed by atoms with Crippen LogP contribution in [0.4, 0.5) is 0 Å². The standard InChI is InChI=1S/C26H25N3O2.ClH/c27-24(25(30)31)17-16-23-18-29(19-28-23)26(20-10-4-1-5-11-20,21-12-6-2-7-13-21)22-14-8-3-9-15-22;/h1-15,18-19,24H,16-17,27H2,(H,30,31);1H/t24-;/m0./s1. The smallest absolute Gasteiger partial charge is 0.320 e. The van der Waals surface area contributed by atoms with Gasteiger partial charge in [-0.3, -0.25) is 4.79 Å². The first kappa shape index (κ1) is 23.3. The number of hydrogen-bond acceptors (Lipinski definition) is 3. The lowest BCUT2D eigenvalue weighted by Gasteiger charge is -2.37. The molecule has 164 valence electrons. The Balaban J connectivity index is 0.00000289. The summed E-state index contributed by atoms with van der Waals surface area (Å²) in [6.45, 7) is 0. The van der Waals surface area contributed by atoms with Gasteiger partial charge in [-0.25, -0.2) is 4.98 Å². The molecule has 0 amide bonds. The molecule has 32 heavy (non-hydrogen) atoms. The summed E-state index contributed by atoms with van der Waals surface area (Å²) in [4.78, 5) is 15.7. The highest BCUT2D eigenvalue weighted by Crippen LogP contribution is 2.40. The van der Waals surface area contributed by atoms with Crippen LogP contribution in [0.5, 0.6) is 0 Å². The monoisotopic (exact) mass is 447 g/mol. The van der Waals surface area contributed by atoms with Crippen LogP contribution in [0.1, 0.15) is 28.8 Å². The highest BCUT2D eigenvalue weighted by molar-refractivity contribution is 5.85. The van der Waals surface area contributed by atoms with Crippen molar-refractivity contribution in [2.45, 2.75) is 24.4 Å². The summed E-state index contributed by atoms with van der Waals surface area (Å²) in [6, 6.07) is 30.1. The van der Waals surface area contributed by atoms with Gasteiger partial charge in [-0.1, -0.05) is 91.0 Å². The molecule has 0 saturated heterocycles. The summed E-state index contributed by atoms with van der Waals surface area (Å²) in [6.07, 6.45) is 4.66. The number of rotatable bonds is 8. The second kappa shape index (κ2) is 10.3. The number of carbonyl (C=O) groups is 1. The molecule has 6 heteroatoms. The van der Waals surface area contributed by atoms with Crippen molar-refractivity contribution in [3.8, 4) is 0 Å². The molecule has 5 nitrogen and oxygen atoms in total. The minimum atomic E-state index is -0.994. The summed E-state index contributed by atoms with van der Waals surface area (Å²) in [5.74, 6) is -0.994. The van der Waals surface area contributed by atoms with E-state index in [2.05, 4.69) is 45.9 Å². The van der Waals surface area contributed by atoms with E-state index in [1.807, 2.05) is 67.1 Å². The van der Waals surface area contributed by atoms with Gasteiger partial charge >= 0.3 is 5.97 Å². The first-order valence-electron chi connectivity index (χ1n) is 10.3. The van der Waals surface area contributed by atoms with Gasteiger partial charge in [0.2, 0.25) is 0 Å². The van der Waals surface area contributed by atoms with E-state index in [1.54, 1.807) is 0 Å². The van der Waals surface area contributed by atoms with Crippen LogP contribution in [0, 0.1) is 0 Å². The van der Waals surface area contributed by atoms with Gasteiger partial charge in [0.05, 0.1) is 12.0 Å². The van der Waals surface area contributed by atoms with Crippen molar-refractivity contribution < 1.29 is 9.90 Å². The van der Waals surface area contributed by atoms with Gasteiger partial charge in [-0.05, 0) is 29.5 Å². The van der Waals surface area contributed by atoms with E-state index in [0.717, 1.165) is 22.4 Å². The Kier molecular flexibility index (Phi) is 7.46. The number of carboxylic acids is 1. The third-order valence-electron chi connectivity index (χ3n) is 5.63. The highest BCUT2D eigenvalue weighted by Gasteiger charge is 2.38. The third-order valence-corrected chi connectivity index (χ3v) is 5.63. The van der Waals surface area contributed by atoms with Crippen molar-refractivity contribution in [3.63, 3.8) is 0 Å². The molecule has 3 N–H and O–H groups in total. The molecule has 0 aliphatic heterocycles. The molecule has 0 aliphatic carbocycles. The van der Waals surface area contributed by atoms with E-state index in [9.17, 15) is 4.79 Å². The van der Waals surface area contributed by atoms with Gasteiger partial charge in [0.1, 0.15) is 11.6 Å².